The summed E-state index contributed by atoms with van der Waals surface area (Å²) in [5, 5.41) is 2.52. The highest BCUT2D eigenvalue weighted by molar-refractivity contribution is 8.00. The molecule has 2 N–H and O–H groups in total. The molecular formula is C10H17N3S2. The Morgan fingerprint density at radius 3 is 2.67 bits per heavy atom. The fourth-order valence-electron chi connectivity index (χ4n) is 1.87. The van der Waals surface area contributed by atoms with Gasteiger partial charge >= 0.3 is 0 Å². The topological polar surface area (TPSA) is 42.2 Å². The Hall–Kier alpha value is -0.260. The fraction of sp³-hybridized carbons (Fsp3) is 0.700. The van der Waals surface area contributed by atoms with Crippen molar-refractivity contribution in [2.75, 3.05) is 18.0 Å². The SMILES string of the molecule is CC1CN(c2ncc(CN)s2)CC(C)S1. The second-order valence-electron chi connectivity index (χ2n) is 3.98. The van der Waals surface area contributed by atoms with Crippen LogP contribution in [0, 0.1) is 0 Å². The van der Waals surface area contributed by atoms with Crippen molar-refractivity contribution in [3.8, 4) is 0 Å². The van der Waals surface area contributed by atoms with Crippen molar-refractivity contribution < 1.29 is 0 Å². The summed E-state index contributed by atoms with van der Waals surface area (Å²) in [5.41, 5.74) is 5.60. The van der Waals surface area contributed by atoms with Gasteiger partial charge in [0, 0.05) is 41.2 Å². The van der Waals surface area contributed by atoms with Crippen LogP contribution in [-0.4, -0.2) is 28.6 Å². The molecule has 1 fully saturated rings. The predicted octanol–water partition coefficient (Wildman–Crippen LogP) is 1.93. The highest BCUT2D eigenvalue weighted by atomic mass is 32.2. The zero-order chi connectivity index (χ0) is 10.8. The molecule has 0 aliphatic carbocycles. The summed E-state index contributed by atoms with van der Waals surface area (Å²) in [5.74, 6) is 0. The maximum atomic E-state index is 5.60. The first-order valence-electron chi connectivity index (χ1n) is 5.24. The molecule has 1 saturated heterocycles. The minimum absolute atomic E-state index is 0.603. The van der Waals surface area contributed by atoms with Crippen LogP contribution >= 0.6 is 23.1 Å². The fourth-order valence-corrected chi connectivity index (χ4v) is 4.00. The van der Waals surface area contributed by atoms with E-state index in [2.05, 4.69) is 35.5 Å². The van der Waals surface area contributed by atoms with Crippen molar-refractivity contribution >= 4 is 28.2 Å². The lowest BCUT2D eigenvalue weighted by Gasteiger charge is -2.34. The Morgan fingerprint density at radius 2 is 2.13 bits per heavy atom. The van der Waals surface area contributed by atoms with Gasteiger partial charge in [-0.25, -0.2) is 4.98 Å². The highest BCUT2D eigenvalue weighted by Crippen LogP contribution is 2.30. The van der Waals surface area contributed by atoms with Crippen LogP contribution in [0.4, 0.5) is 5.13 Å². The van der Waals surface area contributed by atoms with Crippen molar-refractivity contribution in [3.63, 3.8) is 0 Å². The molecule has 1 aromatic heterocycles. The number of aromatic nitrogens is 1. The van der Waals surface area contributed by atoms with Gasteiger partial charge in [-0.15, -0.1) is 11.3 Å². The third kappa shape index (κ3) is 2.65. The zero-order valence-electron chi connectivity index (χ0n) is 9.14. The average molecular weight is 243 g/mol. The Kier molecular flexibility index (Phi) is 3.53. The summed E-state index contributed by atoms with van der Waals surface area (Å²) in [6, 6.07) is 0. The Labute approximate surface area is 99.1 Å². The molecule has 0 amide bonds. The van der Waals surface area contributed by atoms with Crippen LogP contribution in [-0.2, 0) is 6.54 Å². The number of thiazole rings is 1. The second-order valence-corrected chi connectivity index (χ2v) is 6.95. The van der Waals surface area contributed by atoms with Crippen molar-refractivity contribution in [1.82, 2.24) is 4.98 Å². The lowest BCUT2D eigenvalue weighted by molar-refractivity contribution is 0.726. The van der Waals surface area contributed by atoms with E-state index in [9.17, 15) is 0 Å². The summed E-state index contributed by atoms with van der Waals surface area (Å²) in [6.45, 7) is 7.37. The number of thioether (sulfide) groups is 1. The van der Waals surface area contributed by atoms with Crippen LogP contribution in [0.2, 0.25) is 0 Å². The summed E-state index contributed by atoms with van der Waals surface area (Å²) in [4.78, 5) is 7.99. The molecule has 15 heavy (non-hydrogen) atoms. The summed E-state index contributed by atoms with van der Waals surface area (Å²) < 4.78 is 0. The molecule has 2 atom stereocenters. The molecule has 1 aromatic rings. The van der Waals surface area contributed by atoms with Gasteiger partial charge in [0.2, 0.25) is 0 Å². The van der Waals surface area contributed by atoms with Crippen LogP contribution in [0.25, 0.3) is 0 Å². The molecule has 2 unspecified atom stereocenters. The van der Waals surface area contributed by atoms with E-state index in [0.29, 0.717) is 17.0 Å². The van der Waals surface area contributed by atoms with Gasteiger partial charge in [0.1, 0.15) is 0 Å². The van der Waals surface area contributed by atoms with Crippen molar-refractivity contribution in [2.24, 2.45) is 5.73 Å². The largest absolute Gasteiger partial charge is 0.346 e. The van der Waals surface area contributed by atoms with Gasteiger partial charge in [0.25, 0.3) is 0 Å². The summed E-state index contributed by atoms with van der Waals surface area (Å²) in [7, 11) is 0. The lowest BCUT2D eigenvalue weighted by atomic mass is 10.3. The standard InChI is InChI=1S/C10H17N3S2/c1-7-5-13(6-8(2)14-7)10-12-4-9(3-11)15-10/h4,7-8H,3,5-6,11H2,1-2H3. The first kappa shape index (κ1) is 11.2. The Balaban J connectivity index is 2.09. The first-order valence-corrected chi connectivity index (χ1v) is 7.00. The average Bonchev–Trinajstić information content (AvgIpc) is 2.64. The van der Waals surface area contributed by atoms with Crippen molar-refractivity contribution in [1.29, 1.82) is 0 Å². The smallest absolute Gasteiger partial charge is 0.185 e. The number of nitrogens with zero attached hydrogens (tertiary/aromatic N) is 2. The second kappa shape index (κ2) is 4.72. The van der Waals surface area contributed by atoms with E-state index in [1.165, 1.54) is 4.88 Å². The summed E-state index contributed by atoms with van der Waals surface area (Å²) in [6.07, 6.45) is 1.90. The normalized spacial score (nSPS) is 27.0. The third-order valence-electron chi connectivity index (χ3n) is 2.43. The van der Waals surface area contributed by atoms with Crippen LogP contribution < -0.4 is 10.6 Å². The molecule has 0 saturated carbocycles. The molecular weight excluding hydrogens is 226 g/mol. The maximum absolute atomic E-state index is 5.60. The van der Waals surface area contributed by atoms with Gasteiger partial charge in [-0.1, -0.05) is 13.8 Å². The van der Waals surface area contributed by atoms with E-state index >= 15 is 0 Å². The summed E-state index contributed by atoms with van der Waals surface area (Å²) >= 11 is 3.79. The molecule has 84 valence electrons. The minimum atomic E-state index is 0.603. The Bertz CT molecular complexity index is 316. The van der Waals surface area contributed by atoms with Gasteiger partial charge in [0.05, 0.1) is 0 Å². The number of hydrogen-bond donors (Lipinski definition) is 1. The number of nitrogens with two attached hydrogens (primary N) is 1. The molecule has 5 heteroatoms. The molecule has 2 rings (SSSR count). The van der Waals surface area contributed by atoms with Gasteiger partial charge in [0.15, 0.2) is 5.13 Å². The maximum Gasteiger partial charge on any atom is 0.185 e. The Morgan fingerprint density at radius 1 is 1.47 bits per heavy atom. The van der Waals surface area contributed by atoms with E-state index in [0.717, 1.165) is 18.2 Å². The minimum Gasteiger partial charge on any atom is -0.346 e. The van der Waals surface area contributed by atoms with Crippen LogP contribution in [0.15, 0.2) is 6.20 Å². The molecule has 0 bridgehead atoms. The van der Waals surface area contributed by atoms with Crippen molar-refractivity contribution in [3.05, 3.63) is 11.1 Å². The van der Waals surface area contributed by atoms with E-state index in [1.807, 2.05) is 6.20 Å². The molecule has 2 heterocycles. The van der Waals surface area contributed by atoms with Crippen LogP contribution in [0.1, 0.15) is 18.7 Å². The van der Waals surface area contributed by atoms with E-state index in [4.69, 9.17) is 5.73 Å². The van der Waals surface area contributed by atoms with Gasteiger partial charge < -0.3 is 10.6 Å². The zero-order valence-corrected chi connectivity index (χ0v) is 10.8. The molecule has 1 aliphatic rings. The highest BCUT2D eigenvalue weighted by Gasteiger charge is 2.23. The monoisotopic (exact) mass is 243 g/mol. The van der Waals surface area contributed by atoms with Crippen LogP contribution in [0.5, 0.6) is 0 Å². The number of hydrogen-bond acceptors (Lipinski definition) is 5. The molecule has 0 aromatic carbocycles. The molecule has 0 radical (unpaired) electrons. The lowest BCUT2D eigenvalue weighted by Crippen LogP contribution is -2.40. The van der Waals surface area contributed by atoms with Gasteiger partial charge in [-0.3, -0.25) is 0 Å². The third-order valence-corrected chi connectivity index (χ3v) is 4.74. The van der Waals surface area contributed by atoms with E-state index in [1.54, 1.807) is 11.3 Å². The predicted molar refractivity (Wildman–Crippen MR) is 68.7 cm³/mol. The molecule has 0 spiro atoms. The van der Waals surface area contributed by atoms with Gasteiger partial charge in [-0.05, 0) is 0 Å². The molecule has 3 nitrogen and oxygen atoms in total. The first-order chi connectivity index (χ1) is 7.19. The quantitative estimate of drug-likeness (QED) is 0.862. The van der Waals surface area contributed by atoms with E-state index < -0.39 is 0 Å². The van der Waals surface area contributed by atoms with Crippen LogP contribution in [0.3, 0.4) is 0 Å². The molecule has 1 aliphatic heterocycles. The number of rotatable bonds is 2. The van der Waals surface area contributed by atoms with Crippen molar-refractivity contribution in [2.45, 2.75) is 30.9 Å². The number of anilines is 1. The van der Waals surface area contributed by atoms with E-state index in [-0.39, 0.29) is 0 Å². The van der Waals surface area contributed by atoms with Gasteiger partial charge in [-0.2, -0.15) is 11.8 Å².